The van der Waals surface area contributed by atoms with Crippen LogP contribution in [0.3, 0.4) is 0 Å². The summed E-state index contributed by atoms with van der Waals surface area (Å²) in [5, 5.41) is 5.57. The third kappa shape index (κ3) is 2.75. The van der Waals surface area contributed by atoms with Gasteiger partial charge in [0.1, 0.15) is 23.4 Å². The SMILES string of the molecule is CC[N-]c1nc(C(=O)OCC)cc2c[n+]3c4nc(C)cc(C)c4ccc3n12. The maximum Gasteiger partial charge on any atom is 0.341 e. The zero-order valence-electron chi connectivity index (χ0n) is 15.9. The summed E-state index contributed by atoms with van der Waals surface area (Å²) in [6.07, 6.45) is 1.96. The summed E-state index contributed by atoms with van der Waals surface area (Å²) in [4.78, 5) is 21.4. The minimum atomic E-state index is -0.447. The standard InChI is InChI=1S/C20H21N5O2/c1-5-21-20-23-16(19(26)27-6-2)10-14-11-24-17(25(14)20)8-7-15-12(3)9-13(4)22-18(15)24/h7-11H,5-6H2,1-4H3. The molecule has 0 unspecified atom stereocenters. The number of imidazole rings is 1. The molecule has 4 aromatic rings. The Morgan fingerprint density at radius 3 is 2.78 bits per heavy atom. The van der Waals surface area contributed by atoms with Crippen LogP contribution in [0.5, 0.6) is 0 Å². The maximum absolute atomic E-state index is 12.2. The van der Waals surface area contributed by atoms with E-state index in [0.29, 0.717) is 19.1 Å². The molecular weight excluding hydrogens is 342 g/mol. The summed E-state index contributed by atoms with van der Waals surface area (Å²) < 4.78 is 9.07. The molecule has 7 nitrogen and oxygen atoms in total. The van der Waals surface area contributed by atoms with Crippen LogP contribution in [0.2, 0.25) is 0 Å². The number of carbonyl (C=O) groups excluding carboxylic acids is 1. The number of aromatic nitrogens is 4. The number of nitrogens with zero attached hydrogens (tertiary/aromatic N) is 5. The minimum absolute atomic E-state index is 0.254. The van der Waals surface area contributed by atoms with E-state index in [-0.39, 0.29) is 5.69 Å². The van der Waals surface area contributed by atoms with Gasteiger partial charge in [0.05, 0.1) is 17.7 Å². The molecule has 0 N–H and O–H groups in total. The molecule has 7 heteroatoms. The average molecular weight is 363 g/mol. The predicted molar refractivity (Wildman–Crippen MR) is 103 cm³/mol. The van der Waals surface area contributed by atoms with Gasteiger partial charge in [-0.25, -0.2) is 9.20 Å². The van der Waals surface area contributed by atoms with Gasteiger partial charge >= 0.3 is 5.97 Å². The third-order valence-corrected chi connectivity index (χ3v) is 4.49. The highest BCUT2D eigenvalue weighted by atomic mass is 16.5. The maximum atomic E-state index is 12.2. The topological polar surface area (TPSA) is 74.7 Å². The molecule has 4 rings (SSSR count). The molecule has 4 aromatic heterocycles. The van der Waals surface area contributed by atoms with Gasteiger partial charge in [-0.3, -0.25) is 0 Å². The van der Waals surface area contributed by atoms with Crippen LogP contribution in [-0.2, 0) is 4.74 Å². The van der Waals surface area contributed by atoms with Crippen molar-refractivity contribution in [2.75, 3.05) is 13.2 Å². The summed E-state index contributed by atoms with van der Waals surface area (Å²) in [5.74, 6) is 0.0294. The van der Waals surface area contributed by atoms with Gasteiger partial charge in [-0.2, -0.15) is 4.40 Å². The van der Waals surface area contributed by atoms with Gasteiger partial charge in [-0.15, -0.1) is 4.98 Å². The lowest BCUT2D eigenvalue weighted by atomic mass is 10.1. The molecule has 0 aliphatic rings. The molecule has 0 radical (unpaired) electrons. The number of rotatable bonds is 4. The van der Waals surface area contributed by atoms with E-state index in [1.54, 1.807) is 13.0 Å². The van der Waals surface area contributed by atoms with E-state index in [4.69, 9.17) is 9.72 Å². The Labute approximate surface area is 156 Å². The van der Waals surface area contributed by atoms with Gasteiger partial charge in [0.2, 0.25) is 5.65 Å². The highest BCUT2D eigenvalue weighted by Crippen LogP contribution is 2.24. The molecule has 0 aromatic carbocycles. The monoisotopic (exact) mass is 363 g/mol. The second kappa shape index (κ2) is 6.50. The van der Waals surface area contributed by atoms with E-state index in [1.165, 1.54) is 5.56 Å². The first-order valence-corrected chi connectivity index (χ1v) is 9.03. The van der Waals surface area contributed by atoms with Crippen LogP contribution in [0, 0.1) is 13.8 Å². The lowest BCUT2D eigenvalue weighted by Crippen LogP contribution is -2.21. The van der Waals surface area contributed by atoms with E-state index in [1.807, 2.05) is 34.9 Å². The number of aryl methyl sites for hydroxylation is 2. The molecule has 0 amide bonds. The molecule has 0 saturated carbocycles. The summed E-state index contributed by atoms with van der Waals surface area (Å²) in [6.45, 7) is 8.64. The van der Waals surface area contributed by atoms with Crippen molar-refractivity contribution in [2.24, 2.45) is 0 Å². The molecular formula is C20H21N5O2. The summed E-state index contributed by atoms with van der Waals surface area (Å²) >= 11 is 0. The van der Waals surface area contributed by atoms with Crippen molar-refractivity contribution in [3.8, 4) is 0 Å². The Morgan fingerprint density at radius 1 is 1.22 bits per heavy atom. The van der Waals surface area contributed by atoms with Gasteiger partial charge in [0.15, 0.2) is 0 Å². The smallest absolute Gasteiger partial charge is 0.341 e. The number of hydrogen-bond donors (Lipinski definition) is 0. The third-order valence-electron chi connectivity index (χ3n) is 4.49. The van der Waals surface area contributed by atoms with Crippen LogP contribution in [0.25, 0.3) is 27.5 Å². The number of ether oxygens (including phenoxy) is 1. The highest BCUT2D eigenvalue weighted by molar-refractivity contribution is 5.89. The van der Waals surface area contributed by atoms with Crippen LogP contribution in [-0.4, -0.2) is 33.5 Å². The molecule has 0 atom stereocenters. The molecule has 138 valence electrons. The zero-order valence-corrected chi connectivity index (χ0v) is 15.9. The Hall–Kier alpha value is -3.22. The zero-order chi connectivity index (χ0) is 19.1. The Kier molecular flexibility index (Phi) is 4.14. The summed E-state index contributed by atoms with van der Waals surface area (Å²) in [5.41, 5.74) is 4.96. The first-order chi connectivity index (χ1) is 13.0. The molecule has 0 saturated heterocycles. The van der Waals surface area contributed by atoms with Crippen molar-refractivity contribution in [3.63, 3.8) is 0 Å². The van der Waals surface area contributed by atoms with E-state index in [2.05, 4.69) is 29.4 Å². The summed E-state index contributed by atoms with van der Waals surface area (Å²) in [7, 11) is 0. The van der Waals surface area contributed by atoms with Crippen molar-refractivity contribution in [3.05, 3.63) is 52.7 Å². The van der Waals surface area contributed by atoms with Crippen LogP contribution in [0.15, 0.2) is 30.5 Å². The molecule has 0 spiro atoms. The van der Waals surface area contributed by atoms with Crippen LogP contribution in [0.1, 0.15) is 35.6 Å². The van der Waals surface area contributed by atoms with Gasteiger partial charge < -0.3 is 15.0 Å². The fraction of sp³-hybridized carbons (Fsp3) is 0.300. The minimum Gasteiger partial charge on any atom is -0.462 e. The van der Waals surface area contributed by atoms with Crippen LogP contribution >= 0.6 is 0 Å². The van der Waals surface area contributed by atoms with E-state index in [0.717, 1.165) is 27.9 Å². The quantitative estimate of drug-likeness (QED) is 0.411. The van der Waals surface area contributed by atoms with Crippen molar-refractivity contribution in [1.29, 1.82) is 0 Å². The van der Waals surface area contributed by atoms with E-state index < -0.39 is 5.97 Å². The fourth-order valence-electron chi connectivity index (χ4n) is 3.40. The molecule has 4 heterocycles. The van der Waals surface area contributed by atoms with E-state index >= 15 is 0 Å². The lowest BCUT2D eigenvalue weighted by Gasteiger charge is -2.11. The van der Waals surface area contributed by atoms with Gasteiger partial charge in [-0.05, 0) is 51.1 Å². The van der Waals surface area contributed by atoms with Crippen molar-refractivity contribution < 1.29 is 13.9 Å². The largest absolute Gasteiger partial charge is 0.462 e. The van der Waals surface area contributed by atoms with E-state index in [9.17, 15) is 4.79 Å². The first kappa shape index (κ1) is 17.2. The summed E-state index contributed by atoms with van der Waals surface area (Å²) in [6, 6.07) is 7.89. The normalized spacial score (nSPS) is 11.4. The number of fused-ring (bicyclic) bond motifs is 5. The van der Waals surface area contributed by atoms with Gasteiger partial charge in [0.25, 0.3) is 5.65 Å². The molecule has 0 aliphatic heterocycles. The second-order valence-corrected chi connectivity index (χ2v) is 6.40. The van der Waals surface area contributed by atoms with Gasteiger partial charge in [-0.1, -0.05) is 6.92 Å². The number of hydrogen-bond acceptors (Lipinski definition) is 4. The average Bonchev–Trinajstić information content (AvgIpc) is 3.01. The molecule has 0 fully saturated rings. The predicted octanol–water partition coefficient (Wildman–Crippen LogP) is 3.44. The lowest BCUT2D eigenvalue weighted by molar-refractivity contribution is -0.481. The Bertz CT molecular complexity index is 1200. The molecule has 0 bridgehead atoms. The van der Waals surface area contributed by atoms with Crippen molar-refractivity contribution in [1.82, 2.24) is 14.4 Å². The van der Waals surface area contributed by atoms with Gasteiger partial charge in [0, 0.05) is 6.07 Å². The highest BCUT2D eigenvalue weighted by Gasteiger charge is 2.19. The van der Waals surface area contributed by atoms with Crippen LogP contribution in [0.4, 0.5) is 5.95 Å². The van der Waals surface area contributed by atoms with Crippen molar-refractivity contribution >= 4 is 34.1 Å². The number of esters is 1. The second-order valence-electron chi connectivity index (χ2n) is 6.40. The Balaban J connectivity index is 2.08. The first-order valence-electron chi connectivity index (χ1n) is 9.03. The fourth-order valence-corrected chi connectivity index (χ4v) is 3.40. The molecule has 0 aliphatic carbocycles. The number of pyridine rings is 2. The Morgan fingerprint density at radius 2 is 2.04 bits per heavy atom. The number of carbonyl (C=O) groups is 1. The van der Waals surface area contributed by atoms with Crippen molar-refractivity contribution in [2.45, 2.75) is 27.7 Å². The van der Waals surface area contributed by atoms with Crippen LogP contribution < -0.4 is 4.40 Å². The molecule has 27 heavy (non-hydrogen) atoms.